The molecule has 0 aliphatic heterocycles. The lowest BCUT2D eigenvalue weighted by Gasteiger charge is -1.95. The van der Waals surface area contributed by atoms with Gasteiger partial charge in [-0.25, -0.2) is 9.78 Å². The molecule has 1 aromatic carbocycles. The second kappa shape index (κ2) is 4.89. The van der Waals surface area contributed by atoms with Crippen LogP contribution in [0, 0.1) is 10.1 Å². The van der Waals surface area contributed by atoms with E-state index >= 15 is 0 Å². The molecule has 1 aromatic heterocycles. The van der Waals surface area contributed by atoms with Gasteiger partial charge in [0.15, 0.2) is 5.69 Å². The van der Waals surface area contributed by atoms with Gasteiger partial charge in [-0.3, -0.25) is 10.1 Å². The highest BCUT2D eigenvalue weighted by Crippen LogP contribution is 2.24. The lowest BCUT2D eigenvalue weighted by Crippen LogP contribution is -2.00. The molecule has 0 amide bonds. The number of carboxylic acids is 1. The molecule has 0 saturated carbocycles. The first-order chi connectivity index (χ1) is 9.02. The molecule has 0 fully saturated rings. The molecule has 7 heteroatoms. The maximum absolute atomic E-state index is 11.0. The Morgan fingerprint density at radius 2 is 2.05 bits per heavy atom. The number of non-ortho nitro benzene ring substituents is 1. The molecule has 0 saturated heterocycles. The van der Waals surface area contributed by atoms with Crippen LogP contribution in [-0.2, 0) is 6.42 Å². The number of rotatable bonds is 4. The molecule has 0 aliphatic carbocycles. The summed E-state index contributed by atoms with van der Waals surface area (Å²) >= 11 is 0. The molecule has 1 heterocycles. The second-order valence-electron chi connectivity index (χ2n) is 3.75. The molecule has 0 atom stereocenters. The third-order valence-corrected chi connectivity index (χ3v) is 2.55. The number of nitro benzene ring substituents is 1. The summed E-state index contributed by atoms with van der Waals surface area (Å²) in [7, 11) is 0. The number of oxazole rings is 1. The van der Waals surface area contributed by atoms with Gasteiger partial charge in [0.05, 0.1) is 4.92 Å². The number of aromatic nitrogens is 1. The fourth-order valence-corrected chi connectivity index (χ4v) is 1.61. The lowest BCUT2D eigenvalue weighted by atomic mass is 10.2. The maximum atomic E-state index is 11.0. The fraction of sp³-hybridized carbons (Fsp3) is 0.167. The van der Waals surface area contributed by atoms with E-state index < -0.39 is 10.9 Å². The average molecular weight is 262 g/mol. The molecular formula is C12H10N2O5. The predicted molar refractivity (Wildman–Crippen MR) is 64.9 cm³/mol. The van der Waals surface area contributed by atoms with Crippen LogP contribution in [0.25, 0.3) is 11.5 Å². The van der Waals surface area contributed by atoms with Gasteiger partial charge in [-0.1, -0.05) is 6.92 Å². The minimum absolute atomic E-state index is 0.0514. The molecule has 98 valence electrons. The van der Waals surface area contributed by atoms with E-state index in [0.29, 0.717) is 12.0 Å². The van der Waals surface area contributed by atoms with Crippen LogP contribution in [-0.4, -0.2) is 21.0 Å². The van der Waals surface area contributed by atoms with Gasteiger partial charge in [0.1, 0.15) is 5.76 Å². The third-order valence-electron chi connectivity index (χ3n) is 2.55. The summed E-state index contributed by atoms with van der Waals surface area (Å²) in [6.45, 7) is 1.76. The Kier molecular flexibility index (Phi) is 3.28. The topological polar surface area (TPSA) is 106 Å². The van der Waals surface area contributed by atoms with E-state index in [-0.39, 0.29) is 23.0 Å². The summed E-state index contributed by atoms with van der Waals surface area (Å²) in [4.78, 5) is 24.9. The first kappa shape index (κ1) is 12.7. The molecular weight excluding hydrogens is 252 g/mol. The van der Waals surface area contributed by atoms with Crippen LogP contribution in [0.1, 0.15) is 23.2 Å². The number of hydrogen-bond acceptors (Lipinski definition) is 5. The third kappa shape index (κ3) is 2.44. The lowest BCUT2D eigenvalue weighted by molar-refractivity contribution is -0.384. The summed E-state index contributed by atoms with van der Waals surface area (Å²) in [6, 6.07) is 5.56. The highest BCUT2D eigenvalue weighted by atomic mass is 16.6. The molecule has 0 radical (unpaired) electrons. The molecule has 1 N–H and O–H groups in total. The minimum Gasteiger partial charge on any atom is -0.476 e. The van der Waals surface area contributed by atoms with E-state index in [4.69, 9.17) is 9.52 Å². The first-order valence-corrected chi connectivity index (χ1v) is 5.50. The van der Waals surface area contributed by atoms with E-state index in [1.807, 2.05) is 0 Å². The monoisotopic (exact) mass is 262 g/mol. The van der Waals surface area contributed by atoms with Crippen LogP contribution < -0.4 is 0 Å². The van der Waals surface area contributed by atoms with E-state index in [1.165, 1.54) is 24.3 Å². The van der Waals surface area contributed by atoms with E-state index in [9.17, 15) is 14.9 Å². The van der Waals surface area contributed by atoms with Crippen molar-refractivity contribution in [1.29, 1.82) is 0 Å². The summed E-state index contributed by atoms with van der Waals surface area (Å²) in [6.07, 6.45) is 0.404. The van der Waals surface area contributed by atoms with Crippen LogP contribution in [0.4, 0.5) is 5.69 Å². The van der Waals surface area contributed by atoms with Crippen molar-refractivity contribution >= 4 is 11.7 Å². The smallest absolute Gasteiger partial charge is 0.358 e. The van der Waals surface area contributed by atoms with Gasteiger partial charge in [0.2, 0.25) is 5.89 Å². The van der Waals surface area contributed by atoms with Crippen molar-refractivity contribution < 1.29 is 19.2 Å². The van der Waals surface area contributed by atoms with Crippen molar-refractivity contribution in [3.05, 3.63) is 45.8 Å². The number of aromatic carboxylic acids is 1. The maximum Gasteiger partial charge on any atom is 0.358 e. The largest absolute Gasteiger partial charge is 0.476 e. The van der Waals surface area contributed by atoms with Crippen molar-refractivity contribution in [3.8, 4) is 11.5 Å². The van der Waals surface area contributed by atoms with Crippen molar-refractivity contribution in [1.82, 2.24) is 4.98 Å². The van der Waals surface area contributed by atoms with Gasteiger partial charge >= 0.3 is 5.97 Å². The molecule has 0 aliphatic rings. The number of carbonyl (C=O) groups is 1. The van der Waals surface area contributed by atoms with Crippen LogP contribution in [0.3, 0.4) is 0 Å². The van der Waals surface area contributed by atoms with Crippen LogP contribution in [0.2, 0.25) is 0 Å². The Morgan fingerprint density at radius 1 is 1.42 bits per heavy atom. The zero-order chi connectivity index (χ0) is 14.0. The molecule has 2 rings (SSSR count). The SMILES string of the molecule is CCc1oc(-c2ccc([N+](=O)[O-])cc2)nc1C(=O)O. The Balaban J connectivity index is 2.41. The summed E-state index contributed by atoms with van der Waals surface area (Å²) in [5, 5.41) is 19.5. The predicted octanol–water partition coefficient (Wildman–Crippen LogP) is 2.51. The van der Waals surface area contributed by atoms with Crippen molar-refractivity contribution in [2.45, 2.75) is 13.3 Å². The highest BCUT2D eigenvalue weighted by Gasteiger charge is 2.19. The van der Waals surface area contributed by atoms with Gasteiger partial charge in [-0.15, -0.1) is 0 Å². The van der Waals surface area contributed by atoms with E-state index in [0.717, 1.165) is 0 Å². The molecule has 7 nitrogen and oxygen atoms in total. The number of carboxylic acid groups (broad SMARTS) is 1. The van der Waals surface area contributed by atoms with Crippen LogP contribution in [0.15, 0.2) is 28.7 Å². The molecule has 0 bridgehead atoms. The Morgan fingerprint density at radius 3 is 2.47 bits per heavy atom. The first-order valence-electron chi connectivity index (χ1n) is 5.50. The standard InChI is InChI=1S/C12H10N2O5/c1-2-9-10(12(15)16)13-11(19-9)7-3-5-8(6-4-7)14(17)18/h3-6H,2H2,1H3,(H,15,16). The molecule has 2 aromatic rings. The van der Waals surface area contributed by atoms with Crippen LogP contribution >= 0.6 is 0 Å². The normalized spacial score (nSPS) is 10.4. The van der Waals surface area contributed by atoms with Gasteiger partial charge < -0.3 is 9.52 Å². The van der Waals surface area contributed by atoms with Gasteiger partial charge in [0, 0.05) is 24.1 Å². The van der Waals surface area contributed by atoms with Gasteiger partial charge in [0.25, 0.3) is 5.69 Å². The number of benzene rings is 1. The molecule has 0 spiro atoms. The summed E-state index contributed by atoms with van der Waals surface area (Å²) < 4.78 is 5.35. The summed E-state index contributed by atoms with van der Waals surface area (Å²) in [5.74, 6) is -0.737. The van der Waals surface area contributed by atoms with Crippen molar-refractivity contribution in [2.24, 2.45) is 0 Å². The van der Waals surface area contributed by atoms with Crippen molar-refractivity contribution in [3.63, 3.8) is 0 Å². The Labute approximate surface area is 107 Å². The second-order valence-corrected chi connectivity index (χ2v) is 3.75. The Bertz CT molecular complexity index is 630. The quantitative estimate of drug-likeness (QED) is 0.670. The van der Waals surface area contributed by atoms with Crippen molar-refractivity contribution in [2.75, 3.05) is 0 Å². The zero-order valence-corrected chi connectivity index (χ0v) is 9.99. The summed E-state index contributed by atoms with van der Waals surface area (Å²) in [5.41, 5.74) is 0.313. The molecule has 0 unspecified atom stereocenters. The highest BCUT2D eigenvalue weighted by molar-refractivity contribution is 5.87. The molecule has 19 heavy (non-hydrogen) atoms. The zero-order valence-electron chi connectivity index (χ0n) is 9.99. The fourth-order valence-electron chi connectivity index (χ4n) is 1.61. The van der Waals surface area contributed by atoms with E-state index in [1.54, 1.807) is 6.92 Å². The number of nitrogens with zero attached hydrogens (tertiary/aromatic N) is 2. The minimum atomic E-state index is -1.16. The number of hydrogen-bond donors (Lipinski definition) is 1. The van der Waals surface area contributed by atoms with E-state index in [2.05, 4.69) is 4.98 Å². The van der Waals surface area contributed by atoms with Gasteiger partial charge in [-0.05, 0) is 12.1 Å². The van der Waals surface area contributed by atoms with Crippen LogP contribution in [0.5, 0.6) is 0 Å². The average Bonchev–Trinajstić information content (AvgIpc) is 2.83. The number of nitro groups is 1. The number of aryl methyl sites for hydroxylation is 1. The van der Waals surface area contributed by atoms with Gasteiger partial charge in [-0.2, -0.15) is 0 Å². The Hall–Kier alpha value is -2.70.